The first-order valence-corrected chi connectivity index (χ1v) is 9.52. The van der Waals surface area contributed by atoms with Gasteiger partial charge in [0.1, 0.15) is 0 Å². The van der Waals surface area contributed by atoms with Crippen molar-refractivity contribution in [2.45, 2.75) is 38.1 Å². The highest BCUT2D eigenvalue weighted by Gasteiger charge is 2.26. The van der Waals surface area contributed by atoms with E-state index >= 15 is 0 Å². The summed E-state index contributed by atoms with van der Waals surface area (Å²) in [5.74, 6) is 0.245. The number of urea groups is 1. The molecule has 2 aliphatic heterocycles. The maximum atomic E-state index is 12.4. The zero-order valence-corrected chi connectivity index (χ0v) is 14.9. The number of hydrogen-bond acceptors (Lipinski definition) is 4. The van der Waals surface area contributed by atoms with Crippen molar-refractivity contribution in [3.05, 3.63) is 30.1 Å². The molecule has 0 bridgehead atoms. The topological polar surface area (TPSA) is 68.7 Å². The first-order chi connectivity index (χ1) is 12.2. The van der Waals surface area contributed by atoms with Crippen molar-refractivity contribution in [2.24, 2.45) is 5.92 Å². The molecule has 2 saturated heterocycles. The number of aromatic nitrogens is 1. The van der Waals surface area contributed by atoms with E-state index < -0.39 is 0 Å². The van der Waals surface area contributed by atoms with Crippen LogP contribution in [0.1, 0.15) is 31.2 Å². The Morgan fingerprint density at radius 1 is 1.20 bits per heavy atom. The minimum absolute atomic E-state index is 0.0494. The van der Waals surface area contributed by atoms with Gasteiger partial charge in [-0.3, -0.25) is 4.98 Å². The van der Waals surface area contributed by atoms with E-state index in [4.69, 9.17) is 0 Å². The number of nitrogens with zero attached hydrogens (tertiary/aromatic N) is 3. The molecular weight excluding hydrogens is 316 g/mol. The monoisotopic (exact) mass is 346 g/mol. The van der Waals surface area contributed by atoms with Gasteiger partial charge in [0.25, 0.3) is 0 Å². The number of aliphatic hydroxyl groups is 1. The van der Waals surface area contributed by atoms with Gasteiger partial charge in [-0.25, -0.2) is 4.79 Å². The largest absolute Gasteiger partial charge is 0.396 e. The molecule has 0 aliphatic carbocycles. The van der Waals surface area contributed by atoms with Crippen LogP contribution in [0.2, 0.25) is 0 Å². The van der Waals surface area contributed by atoms with Gasteiger partial charge in [0.05, 0.1) is 0 Å². The maximum absolute atomic E-state index is 12.4. The van der Waals surface area contributed by atoms with Gasteiger partial charge in [-0.2, -0.15) is 0 Å². The summed E-state index contributed by atoms with van der Waals surface area (Å²) in [4.78, 5) is 20.8. The molecule has 6 heteroatoms. The van der Waals surface area contributed by atoms with Crippen molar-refractivity contribution in [2.75, 3.05) is 39.3 Å². The second-order valence-corrected chi connectivity index (χ2v) is 7.31. The number of nitrogens with one attached hydrogen (secondary N) is 1. The van der Waals surface area contributed by atoms with E-state index in [1.54, 1.807) is 0 Å². The highest BCUT2D eigenvalue weighted by atomic mass is 16.3. The number of piperidine rings is 2. The molecule has 0 unspecified atom stereocenters. The summed E-state index contributed by atoms with van der Waals surface area (Å²) in [7, 11) is 0. The van der Waals surface area contributed by atoms with Crippen molar-refractivity contribution in [1.82, 2.24) is 20.1 Å². The van der Waals surface area contributed by atoms with Crippen LogP contribution in [0.15, 0.2) is 24.5 Å². The molecule has 0 aromatic carbocycles. The molecule has 1 atom stereocenters. The van der Waals surface area contributed by atoms with Crippen LogP contribution in [0.4, 0.5) is 4.79 Å². The second kappa shape index (κ2) is 9.15. The minimum Gasteiger partial charge on any atom is -0.396 e. The Hall–Kier alpha value is -1.66. The first-order valence-electron chi connectivity index (χ1n) is 9.52. The molecular formula is C19H30N4O2. The lowest BCUT2D eigenvalue weighted by Gasteiger charge is -2.36. The fourth-order valence-electron chi connectivity index (χ4n) is 3.80. The summed E-state index contributed by atoms with van der Waals surface area (Å²) in [6, 6.07) is 4.48. The van der Waals surface area contributed by atoms with Crippen LogP contribution in [-0.4, -0.2) is 71.3 Å². The van der Waals surface area contributed by atoms with Crippen LogP contribution in [0.25, 0.3) is 0 Å². The molecule has 0 radical (unpaired) electrons. The zero-order chi connectivity index (χ0) is 17.5. The van der Waals surface area contributed by atoms with E-state index in [0.29, 0.717) is 6.54 Å². The normalized spacial score (nSPS) is 22.8. The number of aliphatic hydroxyl groups excluding tert-OH is 1. The van der Waals surface area contributed by atoms with E-state index in [1.807, 2.05) is 17.3 Å². The number of likely N-dealkylation sites (tertiary alicyclic amines) is 2. The third-order valence-corrected chi connectivity index (χ3v) is 5.45. The van der Waals surface area contributed by atoms with Crippen molar-refractivity contribution in [1.29, 1.82) is 0 Å². The Labute approximate surface area is 150 Å². The maximum Gasteiger partial charge on any atom is 0.317 e. The molecule has 3 heterocycles. The highest BCUT2D eigenvalue weighted by Crippen LogP contribution is 2.17. The lowest BCUT2D eigenvalue weighted by atomic mass is 9.99. The molecule has 25 heavy (non-hydrogen) atoms. The van der Waals surface area contributed by atoms with Gasteiger partial charge in [-0.15, -0.1) is 0 Å². The summed E-state index contributed by atoms with van der Waals surface area (Å²) in [5.41, 5.74) is 1.33. The van der Waals surface area contributed by atoms with E-state index in [0.717, 1.165) is 58.3 Å². The van der Waals surface area contributed by atoms with Crippen LogP contribution >= 0.6 is 0 Å². The number of hydrogen-bond donors (Lipinski definition) is 2. The Bertz CT molecular complexity index is 531. The third-order valence-electron chi connectivity index (χ3n) is 5.45. The predicted molar refractivity (Wildman–Crippen MR) is 97.3 cm³/mol. The van der Waals surface area contributed by atoms with Crippen LogP contribution < -0.4 is 5.32 Å². The first kappa shape index (κ1) is 18.1. The van der Waals surface area contributed by atoms with Crippen molar-refractivity contribution >= 4 is 6.03 Å². The molecule has 6 nitrogen and oxygen atoms in total. The molecule has 0 saturated carbocycles. The minimum atomic E-state index is 0.0494. The molecule has 2 fully saturated rings. The van der Waals surface area contributed by atoms with E-state index in [1.165, 1.54) is 5.56 Å². The molecule has 2 N–H and O–H groups in total. The Balaban J connectivity index is 1.36. The smallest absolute Gasteiger partial charge is 0.317 e. The Morgan fingerprint density at radius 2 is 1.96 bits per heavy atom. The number of carbonyl (C=O) groups is 1. The summed E-state index contributed by atoms with van der Waals surface area (Å²) >= 11 is 0. The lowest BCUT2D eigenvalue weighted by Crippen LogP contribution is -2.51. The van der Waals surface area contributed by atoms with Gasteiger partial charge in [-0.1, -0.05) is 0 Å². The van der Waals surface area contributed by atoms with Crippen LogP contribution in [0.5, 0.6) is 0 Å². The summed E-state index contributed by atoms with van der Waals surface area (Å²) in [6.45, 7) is 4.82. The van der Waals surface area contributed by atoms with E-state index in [2.05, 4.69) is 27.3 Å². The standard InChI is InChI=1S/C19H30N4O2/c24-15-17-2-1-10-23(14-17)19(25)21-18-6-12-22(13-7-18)11-5-16-3-8-20-9-4-16/h3-4,8-9,17-18,24H,1-2,5-7,10-15H2,(H,21,25)/t17-/m0/s1. The SMILES string of the molecule is O=C(NC1CCN(CCc2ccncc2)CC1)N1CCC[C@H](CO)C1. The van der Waals surface area contributed by atoms with Gasteiger partial charge in [-0.05, 0) is 55.7 Å². The third kappa shape index (κ3) is 5.41. The van der Waals surface area contributed by atoms with Gasteiger partial charge in [0, 0.05) is 57.8 Å². The summed E-state index contributed by atoms with van der Waals surface area (Å²) in [5, 5.41) is 12.5. The highest BCUT2D eigenvalue weighted by molar-refractivity contribution is 5.74. The second-order valence-electron chi connectivity index (χ2n) is 7.31. The Morgan fingerprint density at radius 3 is 2.68 bits per heavy atom. The molecule has 1 aromatic heterocycles. The van der Waals surface area contributed by atoms with Crippen molar-refractivity contribution in [3.63, 3.8) is 0 Å². The molecule has 138 valence electrons. The number of amides is 2. The fourth-order valence-corrected chi connectivity index (χ4v) is 3.80. The van der Waals surface area contributed by atoms with E-state index in [-0.39, 0.29) is 24.6 Å². The molecule has 2 aliphatic rings. The van der Waals surface area contributed by atoms with Gasteiger partial charge in [0.2, 0.25) is 0 Å². The number of carbonyl (C=O) groups excluding carboxylic acids is 1. The quantitative estimate of drug-likeness (QED) is 0.848. The van der Waals surface area contributed by atoms with Gasteiger partial charge >= 0.3 is 6.03 Å². The lowest BCUT2D eigenvalue weighted by molar-refractivity contribution is 0.124. The van der Waals surface area contributed by atoms with Crippen LogP contribution in [0.3, 0.4) is 0 Å². The zero-order valence-electron chi connectivity index (χ0n) is 14.9. The molecule has 0 spiro atoms. The number of rotatable bonds is 5. The fraction of sp³-hybridized carbons (Fsp3) is 0.684. The Kier molecular flexibility index (Phi) is 6.64. The van der Waals surface area contributed by atoms with Crippen molar-refractivity contribution < 1.29 is 9.90 Å². The average Bonchev–Trinajstić information content (AvgIpc) is 2.68. The summed E-state index contributed by atoms with van der Waals surface area (Å²) < 4.78 is 0. The van der Waals surface area contributed by atoms with Crippen LogP contribution in [-0.2, 0) is 6.42 Å². The van der Waals surface area contributed by atoms with Crippen LogP contribution in [0, 0.1) is 5.92 Å². The van der Waals surface area contributed by atoms with E-state index in [9.17, 15) is 9.90 Å². The molecule has 3 rings (SSSR count). The van der Waals surface area contributed by atoms with Crippen molar-refractivity contribution in [3.8, 4) is 0 Å². The van der Waals surface area contributed by atoms with Gasteiger partial charge in [0.15, 0.2) is 0 Å². The number of pyridine rings is 1. The molecule has 2 amide bonds. The average molecular weight is 346 g/mol. The summed E-state index contributed by atoms with van der Waals surface area (Å²) in [6.07, 6.45) is 8.79. The van der Waals surface area contributed by atoms with Gasteiger partial charge < -0.3 is 20.2 Å². The molecule has 1 aromatic rings. The predicted octanol–water partition coefficient (Wildman–Crippen LogP) is 1.50.